The highest BCUT2D eigenvalue weighted by Gasteiger charge is 2.62. The number of carbonyl (C=O) groups excluding carboxylic acids is 1. The predicted octanol–water partition coefficient (Wildman–Crippen LogP) is 7.09. The van der Waals surface area contributed by atoms with Gasteiger partial charge in [0.05, 0.1) is 22.2 Å². The molecule has 0 N–H and O–H groups in total. The maximum absolute atomic E-state index is 14.2. The topological polar surface area (TPSA) is 60.2 Å². The Morgan fingerprint density at radius 3 is 2.44 bits per heavy atom. The van der Waals surface area contributed by atoms with Crippen molar-refractivity contribution < 1.29 is 32.0 Å². The molecule has 0 spiro atoms. The van der Waals surface area contributed by atoms with Crippen LogP contribution in [0.4, 0.5) is 17.6 Å². The van der Waals surface area contributed by atoms with Crippen molar-refractivity contribution >= 4 is 55.2 Å². The number of nitrogens with zero attached hydrogens (tertiary/aromatic N) is 2. The number of oxime groups is 2. The van der Waals surface area contributed by atoms with E-state index in [1.165, 1.54) is 12.1 Å². The highest BCUT2D eigenvalue weighted by Crippen LogP contribution is 2.50. The van der Waals surface area contributed by atoms with Crippen molar-refractivity contribution in [1.82, 2.24) is 0 Å². The van der Waals surface area contributed by atoms with E-state index in [0.29, 0.717) is 27.7 Å². The highest BCUT2D eigenvalue weighted by molar-refractivity contribution is 9.18. The molecule has 0 aliphatic carbocycles. The lowest BCUT2D eigenvalue weighted by Gasteiger charge is -2.29. The van der Waals surface area contributed by atoms with Gasteiger partial charge in [-0.15, -0.1) is 0 Å². The van der Waals surface area contributed by atoms with Crippen molar-refractivity contribution in [2.75, 3.05) is 0 Å². The van der Waals surface area contributed by atoms with Crippen LogP contribution < -0.4 is 0 Å². The first-order chi connectivity index (χ1) is 15.9. The van der Waals surface area contributed by atoms with Crippen LogP contribution in [0, 0.1) is 12.7 Å². The van der Waals surface area contributed by atoms with E-state index in [0.717, 1.165) is 12.1 Å². The van der Waals surface area contributed by atoms with E-state index in [2.05, 4.69) is 26.2 Å². The second-order valence-corrected chi connectivity index (χ2v) is 9.67. The molecule has 0 unspecified atom stereocenters. The minimum absolute atomic E-state index is 0.00690. The molecule has 0 saturated carbocycles. The molecule has 2 aromatic carbocycles. The van der Waals surface area contributed by atoms with Crippen molar-refractivity contribution in [2.24, 2.45) is 10.3 Å². The Hall–Kier alpha value is -2.17. The molecule has 0 aromatic heterocycles. The molecule has 34 heavy (non-hydrogen) atoms. The molecule has 0 bridgehead atoms. The summed E-state index contributed by atoms with van der Waals surface area (Å²) in [6.45, 7) is 1.67. The van der Waals surface area contributed by atoms with E-state index in [9.17, 15) is 22.4 Å². The zero-order valence-electron chi connectivity index (χ0n) is 17.4. The number of ketones is 1. The second-order valence-electron chi connectivity index (χ2n) is 7.94. The van der Waals surface area contributed by atoms with E-state index < -0.39 is 39.6 Å². The van der Waals surface area contributed by atoms with E-state index >= 15 is 0 Å². The average Bonchev–Trinajstić information content (AvgIpc) is 3.38. The average molecular weight is 582 g/mol. The first-order valence-corrected chi connectivity index (χ1v) is 11.5. The first kappa shape index (κ1) is 24.9. The smallest absolute Gasteiger partial charge is 0.391 e. The van der Waals surface area contributed by atoms with Gasteiger partial charge in [0, 0.05) is 24.0 Å². The third-order valence-corrected chi connectivity index (χ3v) is 6.62. The quantitative estimate of drug-likeness (QED) is 0.215. The molecule has 2 aromatic rings. The van der Waals surface area contributed by atoms with Crippen molar-refractivity contribution in [3.63, 3.8) is 0 Å². The Morgan fingerprint density at radius 2 is 1.88 bits per heavy atom. The van der Waals surface area contributed by atoms with Gasteiger partial charge in [-0.3, -0.25) is 4.79 Å². The molecule has 0 saturated heterocycles. The fourth-order valence-corrected chi connectivity index (χ4v) is 4.76. The fourth-order valence-electron chi connectivity index (χ4n) is 3.82. The molecule has 180 valence electrons. The largest absolute Gasteiger partial charge is 0.435 e. The normalized spacial score (nSPS) is 22.2. The third-order valence-electron chi connectivity index (χ3n) is 5.61. The van der Waals surface area contributed by atoms with Crippen molar-refractivity contribution in [3.8, 4) is 0 Å². The van der Waals surface area contributed by atoms with Crippen LogP contribution in [0.25, 0.3) is 0 Å². The van der Waals surface area contributed by atoms with Gasteiger partial charge in [0.1, 0.15) is 10.7 Å². The number of alkyl halides is 3. The predicted molar refractivity (Wildman–Crippen MR) is 122 cm³/mol. The number of aryl methyl sites for hydroxylation is 1. The molecular formula is C22H15BrCl2F4N2O3. The molecular weight excluding hydrogens is 567 g/mol. The van der Waals surface area contributed by atoms with Crippen LogP contribution in [0.15, 0.2) is 40.6 Å². The first-order valence-electron chi connectivity index (χ1n) is 9.90. The summed E-state index contributed by atoms with van der Waals surface area (Å²) in [4.78, 5) is 22.8. The van der Waals surface area contributed by atoms with Gasteiger partial charge in [0.15, 0.2) is 11.6 Å². The summed E-state index contributed by atoms with van der Waals surface area (Å²) in [5.74, 6) is -1.21. The molecule has 0 fully saturated rings. The minimum atomic E-state index is -4.91. The Bertz CT molecular complexity index is 1210. The van der Waals surface area contributed by atoms with Crippen molar-refractivity contribution in [2.45, 2.75) is 44.1 Å². The van der Waals surface area contributed by atoms with E-state index in [4.69, 9.17) is 32.9 Å². The van der Waals surface area contributed by atoms with Crippen molar-refractivity contribution in [3.05, 3.63) is 68.4 Å². The number of rotatable bonds is 5. The minimum Gasteiger partial charge on any atom is -0.391 e. The van der Waals surface area contributed by atoms with Gasteiger partial charge < -0.3 is 9.68 Å². The molecule has 2 aliphatic rings. The second kappa shape index (κ2) is 9.13. The number of carbonyl (C=O) groups is 1. The van der Waals surface area contributed by atoms with Crippen LogP contribution in [0.5, 0.6) is 0 Å². The van der Waals surface area contributed by atoms with E-state index in [1.54, 1.807) is 13.0 Å². The molecule has 12 heteroatoms. The van der Waals surface area contributed by atoms with Gasteiger partial charge in [-0.05, 0) is 52.2 Å². The standard InChI is InChI=1S/C22H15BrCl2F4N2O3/c1-10-4-11(2-3-14(10)18(32)7-13-8-19(23)31-33-13)17-9-21(34-30-17,22(27,28)29)12-5-15(24)20(26)16(25)6-12/h2-6,13H,7-9H2,1H3/t13-,21-/m0/s1. The van der Waals surface area contributed by atoms with E-state index in [1.807, 2.05) is 0 Å². The highest BCUT2D eigenvalue weighted by atomic mass is 79.9. The molecule has 4 rings (SSSR count). The lowest BCUT2D eigenvalue weighted by atomic mass is 9.86. The molecule has 2 atom stereocenters. The molecule has 0 amide bonds. The van der Waals surface area contributed by atoms with Crippen LogP contribution in [0.2, 0.25) is 10.0 Å². The summed E-state index contributed by atoms with van der Waals surface area (Å²) >= 11 is 14.7. The summed E-state index contributed by atoms with van der Waals surface area (Å²) in [5.41, 5.74) is -2.04. The molecule has 2 aliphatic heterocycles. The Labute approximate surface area is 209 Å². The fraction of sp³-hybridized carbons (Fsp3) is 0.318. The molecule has 0 radical (unpaired) electrons. The Balaban J connectivity index is 1.59. The van der Waals surface area contributed by atoms with Crippen LogP contribution in [0.1, 0.15) is 46.3 Å². The summed E-state index contributed by atoms with van der Waals surface area (Å²) in [6, 6.07) is 6.25. The maximum atomic E-state index is 14.2. The number of halogens is 7. The summed E-state index contributed by atoms with van der Waals surface area (Å²) < 4.78 is 56.9. The zero-order chi connectivity index (χ0) is 24.8. The molecule has 5 nitrogen and oxygen atoms in total. The van der Waals surface area contributed by atoms with Gasteiger partial charge in [-0.1, -0.05) is 45.6 Å². The molecule has 2 heterocycles. The maximum Gasteiger partial charge on any atom is 0.435 e. The lowest BCUT2D eigenvalue weighted by Crippen LogP contribution is -2.42. The SMILES string of the molecule is Cc1cc(C2=NO[C@@](c3cc(Cl)c(F)c(Cl)c3)(C(F)(F)F)C2)ccc1C(=O)C[C@H]1CC(Br)=NO1. The van der Waals surface area contributed by atoms with Gasteiger partial charge >= 0.3 is 6.18 Å². The summed E-state index contributed by atoms with van der Waals surface area (Å²) in [6.07, 6.45) is -5.40. The number of benzene rings is 2. The number of Topliss-reactive ketones (excluding diaryl/α,β-unsaturated/α-hetero) is 1. The van der Waals surface area contributed by atoms with Gasteiger partial charge in [-0.2, -0.15) is 13.2 Å². The lowest BCUT2D eigenvalue weighted by molar-refractivity contribution is -0.275. The monoisotopic (exact) mass is 580 g/mol. The van der Waals surface area contributed by atoms with Crippen LogP contribution in [0.3, 0.4) is 0 Å². The Morgan fingerprint density at radius 1 is 1.21 bits per heavy atom. The van der Waals surface area contributed by atoms with Gasteiger partial charge in [0.25, 0.3) is 5.60 Å². The van der Waals surface area contributed by atoms with Crippen LogP contribution >= 0.6 is 39.1 Å². The van der Waals surface area contributed by atoms with Crippen molar-refractivity contribution in [1.29, 1.82) is 0 Å². The summed E-state index contributed by atoms with van der Waals surface area (Å²) in [7, 11) is 0. The zero-order valence-corrected chi connectivity index (χ0v) is 20.4. The summed E-state index contributed by atoms with van der Waals surface area (Å²) in [5, 5.41) is 6.30. The van der Waals surface area contributed by atoms with Gasteiger partial charge in [-0.25, -0.2) is 4.39 Å². The Kier molecular flexibility index (Phi) is 6.69. The van der Waals surface area contributed by atoms with Crippen LogP contribution in [-0.4, -0.2) is 28.4 Å². The number of hydrogen-bond donors (Lipinski definition) is 0. The van der Waals surface area contributed by atoms with E-state index in [-0.39, 0.29) is 24.0 Å². The van der Waals surface area contributed by atoms with Crippen LogP contribution in [-0.2, 0) is 15.3 Å². The third kappa shape index (κ3) is 4.55. The van der Waals surface area contributed by atoms with Gasteiger partial charge in [0.2, 0.25) is 0 Å². The number of hydrogen-bond acceptors (Lipinski definition) is 5.